The fourth-order valence-electron chi connectivity index (χ4n) is 18.0. The van der Waals surface area contributed by atoms with Gasteiger partial charge in [0.25, 0.3) is 76.7 Å². The van der Waals surface area contributed by atoms with Crippen LogP contribution in [0.25, 0.3) is 21.5 Å². The summed E-state index contributed by atoms with van der Waals surface area (Å²) >= 11 is 0. The van der Waals surface area contributed by atoms with Crippen LogP contribution >= 0.6 is 0 Å². The van der Waals surface area contributed by atoms with Crippen LogP contribution in [0.15, 0.2) is 200 Å². The minimum absolute atomic E-state index is 0.00269. The summed E-state index contributed by atoms with van der Waals surface area (Å²) in [5.41, 5.74) is 5.67. The van der Waals surface area contributed by atoms with E-state index < -0.39 is 131 Å². The zero-order valence-corrected chi connectivity index (χ0v) is 75.6. The maximum atomic E-state index is 14.2. The van der Waals surface area contributed by atoms with Gasteiger partial charge in [0.1, 0.15) is 18.0 Å². The van der Waals surface area contributed by atoms with Crippen LogP contribution in [0.5, 0.6) is 0 Å². The minimum atomic E-state index is -5.10. The molecule has 0 saturated heterocycles. The van der Waals surface area contributed by atoms with Gasteiger partial charge >= 0.3 is 5.97 Å². The van der Waals surface area contributed by atoms with Crippen LogP contribution in [-0.2, 0) is 122 Å². The third kappa shape index (κ3) is 20.4. The van der Waals surface area contributed by atoms with Crippen molar-refractivity contribution in [2.75, 3.05) is 54.0 Å². The SMILES string of the molecule is CC1(C)C(=CC=CC=CC2=[N+](CCCCCC(=O)O)c3ccc(S(=O)(=O)O)cc3C2(C)C)N(CCCS(=O)(=O)O)c2ccc(CNC(=O)c3cc4c(c(S(=O)(=O)O)c3)CN(C(=O)CCCCC[N+]3=C(C=CC=CC=C5N(CCCS(=O)(=O)O)c6ccc7ccc(S(=O)(=O)O)cc7c6C5(C)C)C(C)(C)c5c3ccc3c(S(=O)(=O)O)cc(S(=O)(=O)O)cc53)CC4)cc21. The Kier molecular flexibility index (Phi) is 26.8. The number of amides is 2. The number of unbranched alkanes of at least 4 members (excludes halogenated alkanes) is 4. The highest BCUT2D eigenvalue weighted by atomic mass is 32.2. The predicted octanol–water partition coefficient (Wildman–Crippen LogP) is 12.8. The Hall–Kier alpha value is -9.78. The van der Waals surface area contributed by atoms with Crippen LogP contribution in [0.1, 0.15) is 169 Å². The van der Waals surface area contributed by atoms with E-state index in [1.807, 2.05) is 112 Å². The maximum Gasteiger partial charge on any atom is 0.303 e. The van der Waals surface area contributed by atoms with Crippen molar-refractivity contribution in [3.05, 3.63) is 220 Å². The van der Waals surface area contributed by atoms with E-state index in [1.165, 1.54) is 41.3 Å². The van der Waals surface area contributed by atoms with Crippen molar-refractivity contribution < 1.29 is 119 Å². The smallest absolute Gasteiger partial charge is 0.303 e. The van der Waals surface area contributed by atoms with Gasteiger partial charge in [-0.05, 0) is 195 Å². The highest BCUT2D eigenvalue weighted by Crippen LogP contribution is 2.53. The lowest BCUT2D eigenvalue weighted by Gasteiger charge is -2.30. The first kappa shape index (κ1) is 94.4. The van der Waals surface area contributed by atoms with Crippen LogP contribution in [-0.4, -0.2) is 183 Å². The molecule has 5 heterocycles. The molecule has 12 rings (SSSR count). The molecule has 38 heteroatoms. The van der Waals surface area contributed by atoms with E-state index in [1.54, 1.807) is 66.8 Å². The van der Waals surface area contributed by atoms with E-state index in [4.69, 9.17) is 0 Å². The highest BCUT2D eigenvalue weighted by molar-refractivity contribution is 7.87. The molecule has 0 aliphatic carbocycles. The van der Waals surface area contributed by atoms with E-state index in [0.717, 1.165) is 40.5 Å². The molecule has 7 aromatic rings. The molecule has 9 N–H and O–H groups in total. The lowest BCUT2D eigenvalue weighted by molar-refractivity contribution is -0.438. The molecule has 0 saturated carbocycles. The number of anilines is 2. The van der Waals surface area contributed by atoms with Crippen molar-refractivity contribution in [1.29, 1.82) is 0 Å². The first-order valence-electron chi connectivity index (χ1n) is 40.2. The van der Waals surface area contributed by atoms with Crippen LogP contribution < -0.4 is 15.1 Å². The zero-order valence-electron chi connectivity index (χ0n) is 69.8. The van der Waals surface area contributed by atoms with E-state index in [-0.39, 0.29) is 109 Å². The average Bonchev–Trinajstić information content (AvgIpc) is 1.67. The number of carboxylic acids is 1. The summed E-state index contributed by atoms with van der Waals surface area (Å²) in [5, 5.41) is 13.3. The van der Waals surface area contributed by atoms with E-state index in [2.05, 4.69) is 9.89 Å². The number of hydrogen-bond acceptors (Lipinski definition) is 19. The van der Waals surface area contributed by atoms with Crippen molar-refractivity contribution in [3.8, 4) is 0 Å². The lowest BCUT2D eigenvalue weighted by atomic mass is 9.79. The number of hydrogen-bond donors (Lipinski definition) is 9. The molecular weight excluding hydrogens is 1750 g/mol. The quantitative estimate of drug-likeness (QED) is 0.00783. The molecule has 125 heavy (non-hydrogen) atoms. The molecule has 0 unspecified atom stereocenters. The van der Waals surface area contributed by atoms with Crippen molar-refractivity contribution in [2.45, 2.75) is 185 Å². The van der Waals surface area contributed by atoms with Crippen LogP contribution in [0.3, 0.4) is 0 Å². The number of carboxylic acid groups (broad SMARTS) is 1. The molecule has 668 valence electrons. The van der Waals surface area contributed by atoms with Gasteiger partial charge in [-0.25, -0.2) is 0 Å². The second kappa shape index (κ2) is 35.5. The molecule has 0 bridgehead atoms. The molecule has 2 amide bonds. The summed E-state index contributed by atoms with van der Waals surface area (Å²) in [5.74, 6) is -2.98. The Bertz CT molecular complexity index is 6780. The average molecular weight is 1850 g/mol. The van der Waals surface area contributed by atoms with Crippen LogP contribution in [0.2, 0.25) is 0 Å². The third-order valence-corrected chi connectivity index (χ3v) is 29.9. The second-order valence-corrected chi connectivity index (χ2v) is 44.0. The van der Waals surface area contributed by atoms with Gasteiger partial charge < -0.3 is 25.1 Å². The summed E-state index contributed by atoms with van der Waals surface area (Å²) in [6, 6.07) is 25.1. The van der Waals surface area contributed by atoms with E-state index >= 15 is 0 Å². The van der Waals surface area contributed by atoms with Gasteiger partial charge in [-0.2, -0.15) is 68.1 Å². The minimum Gasteiger partial charge on any atom is -0.481 e. The monoisotopic (exact) mass is 1850 g/mol. The second-order valence-electron chi connectivity index (χ2n) is 33.8. The summed E-state index contributed by atoms with van der Waals surface area (Å²) in [6.07, 6.45) is 21.1. The number of carbonyl (C=O) groups is 3. The molecule has 5 aliphatic heterocycles. The van der Waals surface area contributed by atoms with Gasteiger partial charge in [0.15, 0.2) is 11.4 Å². The van der Waals surface area contributed by atoms with E-state index in [0.29, 0.717) is 113 Å². The fourth-order valence-corrected chi connectivity index (χ4v) is 22.1. The predicted molar refractivity (Wildman–Crippen MR) is 472 cm³/mol. The first-order valence-corrected chi connectivity index (χ1v) is 50.7. The summed E-state index contributed by atoms with van der Waals surface area (Å²) in [4.78, 5) is 42.2. The Balaban J connectivity index is 0.742. The van der Waals surface area contributed by atoms with Crippen LogP contribution in [0, 0.1) is 0 Å². The zero-order chi connectivity index (χ0) is 91.5. The highest BCUT2D eigenvalue weighted by Gasteiger charge is 2.49. The maximum absolute atomic E-state index is 14.2. The molecule has 7 aromatic carbocycles. The Morgan fingerprint density at radius 2 is 0.984 bits per heavy atom. The molecule has 0 spiro atoms. The normalized spacial score (nSPS) is 17.7. The number of nitrogens with one attached hydrogen (secondary N) is 1. The molecule has 31 nitrogen and oxygen atoms in total. The van der Waals surface area contributed by atoms with Gasteiger partial charge in [0, 0.05) is 138 Å². The molecular formula is C87H100N6O25S7+2. The Labute approximate surface area is 727 Å². The van der Waals surface area contributed by atoms with Gasteiger partial charge in [-0.15, -0.1) is 0 Å². The fraction of sp³-hybridized carbons (Fsp3) is 0.368. The van der Waals surface area contributed by atoms with E-state index in [9.17, 15) is 110 Å². The molecule has 0 fully saturated rings. The number of aliphatic carboxylic acids is 1. The van der Waals surface area contributed by atoms with Crippen molar-refractivity contribution >= 4 is 144 Å². The number of benzene rings is 7. The standard InChI is InChI=1S/C87H98N6O25S7/c1-84(2)67-47-56(29-35-69(67)91(42-21-45-119(98,99)100)75(84)23-13-9-14-24-76-85(3,4)68-52-61(122(107,108)109)33-37-70(68)90(76)40-20-12-18-28-80(95)96)54-88-83(97)59-48-58-39-44-89(55-66(58)73(49-59)124(113,114)115)79(94)27-17-11-19-41-92-72-38-34-63-65(51-62(123(110,111)112)53-74(63)125(116,117)118)82(72)87(7,8)78(92)26-16-10-15-25-77-86(5,6)81-64-50-60(121(104,105)106)32-30-57(64)31-36-71(81)93(77)43-22-46-120(101,102)103/h9-10,13-16,23-26,29-38,47-53H,11-12,17-22,27-28,39-46,54-55H2,1-8H3,(H7-2,88,95,96,97,98,99,100,101,102,103,104,105,106,107,108,109,110,111,112,113,114,115,116,117,118)/p+2. The first-order chi connectivity index (χ1) is 58.1. The van der Waals surface area contributed by atoms with Gasteiger partial charge in [-0.1, -0.05) is 88.4 Å². The topological polar surface area (TPSA) is 480 Å². The number of carbonyl (C=O) groups excluding carboxylic acids is 2. The molecule has 0 atom stereocenters. The van der Waals surface area contributed by atoms with Gasteiger partial charge in [0.05, 0.1) is 41.9 Å². The summed E-state index contributed by atoms with van der Waals surface area (Å²) < 4.78 is 250. The largest absolute Gasteiger partial charge is 0.481 e. The molecule has 0 radical (unpaired) electrons. The summed E-state index contributed by atoms with van der Waals surface area (Å²) in [6.45, 7) is 16.1. The Morgan fingerprint density at radius 3 is 1.57 bits per heavy atom. The van der Waals surface area contributed by atoms with Crippen molar-refractivity contribution in [1.82, 2.24) is 10.2 Å². The number of fused-ring (bicyclic) bond motifs is 9. The number of allylic oxidation sites excluding steroid dienone is 12. The summed E-state index contributed by atoms with van der Waals surface area (Å²) in [7, 11) is -33.0. The number of nitrogens with zero attached hydrogens (tertiary/aromatic N) is 5. The molecule has 0 aromatic heterocycles. The third-order valence-electron chi connectivity index (χ3n) is 23.9. The number of rotatable bonds is 34. The Morgan fingerprint density at radius 1 is 0.456 bits per heavy atom. The molecule has 5 aliphatic rings. The lowest BCUT2D eigenvalue weighted by Crippen LogP contribution is -2.37. The van der Waals surface area contributed by atoms with Crippen LogP contribution in [0.4, 0.5) is 22.7 Å². The van der Waals surface area contributed by atoms with Crippen molar-refractivity contribution in [2.24, 2.45) is 0 Å². The van der Waals surface area contributed by atoms with Gasteiger partial charge in [0.2, 0.25) is 17.3 Å². The van der Waals surface area contributed by atoms with Crippen molar-refractivity contribution in [3.63, 3.8) is 0 Å². The van der Waals surface area contributed by atoms with Gasteiger partial charge in [-0.3, -0.25) is 46.3 Å².